The largest absolute Gasteiger partial charge is 0.595 e. The van der Waals surface area contributed by atoms with Gasteiger partial charge in [-0.3, -0.25) is 4.90 Å². The van der Waals surface area contributed by atoms with E-state index in [2.05, 4.69) is 10.1 Å². The quantitative estimate of drug-likeness (QED) is 0.426. The summed E-state index contributed by atoms with van der Waals surface area (Å²) in [5.74, 6) is 2.24. The predicted octanol–water partition coefficient (Wildman–Crippen LogP) is 1.47. The molecule has 11 heteroatoms. The van der Waals surface area contributed by atoms with Crippen molar-refractivity contribution in [2.75, 3.05) is 27.9 Å². The number of hydrogen-bond acceptors (Lipinski definition) is 10. The summed E-state index contributed by atoms with van der Waals surface area (Å²) in [6.07, 6.45) is -0.140. The number of likely N-dealkylation sites (tertiary alicyclic amines) is 1. The minimum atomic E-state index is -1.03. The minimum absolute atomic E-state index is 0.136. The topological polar surface area (TPSA) is 138 Å². The van der Waals surface area contributed by atoms with Crippen LogP contribution in [0.15, 0.2) is 40.9 Å². The van der Waals surface area contributed by atoms with Gasteiger partial charge in [0.05, 0.1) is 33.5 Å². The molecule has 1 aromatic heterocycles. The third-order valence-electron chi connectivity index (χ3n) is 5.64. The van der Waals surface area contributed by atoms with Crippen LogP contribution in [0.3, 0.4) is 0 Å². The number of ether oxygens (including phenoxy) is 3. The summed E-state index contributed by atoms with van der Waals surface area (Å²) in [7, 11) is 4.67. The van der Waals surface area contributed by atoms with Crippen LogP contribution in [0.1, 0.15) is 23.9 Å². The number of quaternary nitrogens is 1. The number of hydrogen-bond donors (Lipinski definition) is 3. The Labute approximate surface area is 190 Å². The van der Waals surface area contributed by atoms with Crippen LogP contribution >= 0.6 is 0 Å². The molecule has 0 spiro atoms. The highest BCUT2D eigenvalue weighted by Crippen LogP contribution is 2.42. The van der Waals surface area contributed by atoms with Crippen molar-refractivity contribution in [3.63, 3.8) is 0 Å². The molecule has 0 radical (unpaired) electrons. The number of aliphatic hydroxyl groups is 1. The van der Waals surface area contributed by atoms with E-state index in [-0.39, 0.29) is 17.6 Å². The zero-order valence-corrected chi connectivity index (χ0v) is 18.5. The molecule has 0 saturated carbocycles. The van der Waals surface area contributed by atoms with E-state index >= 15 is 0 Å². The normalized spacial score (nSPS) is 19.5. The van der Waals surface area contributed by atoms with Gasteiger partial charge in [0.15, 0.2) is 17.2 Å². The predicted molar refractivity (Wildman–Crippen MR) is 115 cm³/mol. The molecule has 2 aromatic carbocycles. The van der Waals surface area contributed by atoms with Gasteiger partial charge in [0.25, 0.3) is 0 Å². The molecular formula is C22H26N4O7. The lowest BCUT2D eigenvalue weighted by atomic mass is 10.1. The standard InChI is InChI=1S/C22H26N4O7/c1-30-18-8-7-14(19(31-2)20(18)32-3)11-25-12-16(27)10-17(25)22-23-21(24-33-22)13-5-4-6-15(9-13)26(28)29/h4-9,16-17,26-28H,10-12H2,1-3H3/t16-,17+/m1/s1. The highest BCUT2D eigenvalue weighted by molar-refractivity contribution is 5.58. The van der Waals surface area contributed by atoms with E-state index in [4.69, 9.17) is 18.7 Å². The lowest BCUT2D eigenvalue weighted by molar-refractivity contribution is -0.991. The third kappa shape index (κ3) is 4.63. The fraction of sp³-hybridized carbons (Fsp3) is 0.364. The number of nitrogens with zero attached hydrogens (tertiary/aromatic N) is 3. The van der Waals surface area contributed by atoms with Gasteiger partial charge in [0.2, 0.25) is 17.5 Å². The second kappa shape index (κ2) is 9.73. The lowest BCUT2D eigenvalue weighted by Gasteiger charge is -2.23. The Morgan fingerprint density at radius 1 is 1.15 bits per heavy atom. The number of methoxy groups -OCH3 is 3. The van der Waals surface area contributed by atoms with E-state index in [1.54, 1.807) is 39.5 Å². The van der Waals surface area contributed by atoms with Gasteiger partial charge >= 0.3 is 0 Å². The second-order valence-corrected chi connectivity index (χ2v) is 7.67. The smallest absolute Gasteiger partial charge is 0.244 e. The van der Waals surface area contributed by atoms with Crippen molar-refractivity contribution in [2.45, 2.75) is 25.1 Å². The summed E-state index contributed by atoms with van der Waals surface area (Å²) in [6.45, 7) is 0.853. The first kappa shape index (κ1) is 23.0. The van der Waals surface area contributed by atoms with Gasteiger partial charge in [-0.05, 0) is 12.5 Å². The number of aliphatic hydroxyl groups excluding tert-OH is 1. The Morgan fingerprint density at radius 3 is 2.64 bits per heavy atom. The van der Waals surface area contributed by atoms with Gasteiger partial charge in [-0.15, -0.1) is 0 Å². The first-order valence-corrected chi connectivity index (χ1v) is 10.3. The summed E-state index contributed by atoms with van der Waals surface area (Å²) >= 11 is 0. The summed E-state index contributed by atoms with van der Waals surface area (Å²) in [5, 5.41) is 33.9. The molecular weight excluding hydrogens is 432 g/mol. The van der Waals surface area contributed by atoms with E-state index in [1.165, 1.54) is 12.1 Å². The molecule has 4 rings (SSSR count). The molecule has 0 aliphatic carbocycles. The molecule has 2 heterocycles. The Hall–Kier alpha value is -3.22. The SMILES string of the molecule is COc1ccc(CN2C[C@H](O)C[C@H]2c2nc(-c3cccc([NH+]([O-])O)c3)no2)c(OC)c1OC. The maximum atomic E-state index is 11.3. The molecule has 11 nitrogen and oxygen atoms in total. The number of rotatable bonds is 8. The number of β-amino-alcohol motifs (C(OH)–C–C–N with tert-alkyl or cyclic N) is 1. The van der Waals surface area contributed by atoms with Crippen LogP contribution < -0.4 is 19.4 Å². The molecule has 176 valence electrons. The maximum Gasteiger partial charge on any atom is 0.244 e. The molecule has 1 aliphatic heterocycles. The first-order chi connectivity index (χ1) is 15.9. The maximum absolute atomic E-state index is 11.3. The number of nitrogens with one attached hydrogen (secondary N) is 1. The van der Waals surface area contributed by atoms with E-state index < -0.39 is 11.3 Å². The molecule has 1 fully saturated rings. The Balaban J connectivity index is 1.61. The van der Waals surface area contributed by atoms with Gasteiger partial charge in [-0.25, -0.2) is 5.21 Å². The molecule has 1 unspecified atom stereocenters. The van der Waals surface area contributed by atoms with Crippen LogP contribution in [-0.2, 0) is 6.54 Å². The van der Waals surface area contributed by atoms with Crippen LogP contribution in [0.5, 0.6) is 17.2 Å². The Morgan fingerprint density at radius 2 is 1.94 bits per heavy atom. The van der Waals surface area contributed by atoms with Crippen LogP contribution in [0.2, 0.25) is 0 Å². The first-order valence-electron chi connectivity index (χ1n) is 10.3. The number of aromatic nitrogens is 2. The molecule has 3 aromatic rings. The van der Waals surface area contributed by atoms with Crippen LogP contribution in [-0.4, -0.2) is 59.3 Å². The average Bonchev–Trinajstić information content (AvgIpc) is 3.45. The van der Waals surface area contributed by atoms with Gasteiger partial charge in [0.1, 0.15) is 0 Å². The van der Waals surface area contributed by atoms with E-state index in [0.29, 0.717) is 48.2 Å². The molecule has 33 heavy (non-hydrogen) atoms. The lowest BCUT2D eigenvalue weighted by Crippen LogP contribution is -2.99. The van der Waals surface area contributed by atoms with Crippen molar-refractivity contribution in [1.82, 2.24) is 15.0 Å². The van der Waals surface area contributed by atoms with Crippen molar-refractivity contribution in [2.24, 2.45) is 0 Å². The molecule has 3 atom stereocenters. The fourth-order valence-corrected chi connectivity index (χ4v) is 4.10. The molecule has 0 bridgehead atoms. The monoisotopic (exact) mass is 458 g/mol. The van der Waals surface area contributed by atoms with E-state index in [0.717, 1.165) is 5.56 Å². The zero-order chi connectivity index (χ0) is 23.5. The van der Waals surface area contributed by atoms with E-state index in [1.807, 2.05) is 11.0 Å². The molecule has 0 amide bonds. The summed E-state index contributed by atoms with van der Waals surface area (Å²) in [5.41, 5.74) is 1.53. The van der Waals surface area contributed by atoms with E-state index in [9.17, 15) is 15.5 Å². The summed E-state index contributed by atoms with van der Waals surface area (Å²) in [6, 6.07) is 9.71. The van der Waals surface area contributed by atoms with Crippen molar-refractivity contribution < 1.29 is 34.3 Å². The zero-order valence-electron chi connectivity index (χ0n) is 18.5. The highest BCUT2D eigenvalue weighted by Gasteiger charge is 2.36. The average molecular weight is 458 g/mol. The summed E-state index contributed by atoms with van der Waals surface area (Å²) in [4.78, 5) is 6.52. The van der Waals surface area contributed by atoms with Crippen molar-refractivity contribution >= 4 is 5.69 Å². The Kier molecular flexibility index (Phi) is 6.77. The van der Waals surface area contributed by atoms with Gasteiger partial charge in [-0.2, -0.15) is 10.2 Å². The minimum Gasteiger partial charge on any atom is -0.595 e. The van der Waals surface area contributed by atoms with Crippen molar-refractivity contribution in [3.05, 3.63) is 53.1 Å². The molecule has 1 aliphatic rings. The van der Waals surface area contributed by atoms with Gasteiger partial charge in [0, 0.05) is 36.3 Å². The summed E-state index contributed by atoms with van der Waals surface area (Å²) < 4.78 is 21.9. The third-order valence-corrected chi connectivity index (χ3v) is 5.64. The fourth-order valence-electron chi connectivity index (χ4n) is 4.10. The van der Waals surface area contributed by atoms with Crippen LogP contribution in [0.4, 0.5) is 5.69 Å². The van der Waals surface area contributed by atoms with Crippen LogP contribution in [0.25, 0.3) is 11.4 Å². The highest BCUT2D eigenvalue weighted by atomic mass is 16.8. The Bertz CT molecular complexity index is 1100. The molecule has 1 saturated heterocycles. The van der Waals surface area contributed by atoms with Crippen LogP contribution in [0, 0.1) is 5.21 Å². The van der Waals surface area contributed by atoms with Gasteiger partial charge < -0.3 is 29.0 Å². The number of benzene rings is 2. The van der Waals surface area contributed by atoms with Crippen molar-refractivity contribution in [3.8, 4) is 28.6 Å². The second-order valence-electron chi connectivity index (χ2n) is 7.67. The van der Waals surface area contributed by atoms with Gasteiger partial charge in [-0.1, -0.05) is 23.4 Å². The van der Waals surface area contributed by atoms with Crippen molar-refractivity contribution in [1.29, 1.82) is 0 Å². The molecule has 3 N–H and O–H groups in total.